The molecule has 1 unspecified atom stereocenters. The third kappa shape index (κ3) is 5.58. The zero-order chi connectivity index (χ0) is 18.2. The highest BCUT2D eigenvalue weighted by Gasteiger charge is 2.23. The summed E-state index contributed by atoms with van der Waals surface area (Å²) >= 11 is 0. The van der Waals surface area contributed by atoms with Gasteiger partial charge in [0.05, 0.1) is 0 Å². The lowest BCUT2D eigenvalue weighted by atomic mass is 10.0. The van der Waals surface area contributed by atoms with Crippen LogP contribution in [-0.4, -0.2) is 39.2 Å². The number of rotatable bonds is 7. The van der Waals surface area contributed by atoms with Gasteiger partial charge in [0.15, 0.2) is 17.6 Å². The first-order chi connectivity index (χ1) is 12.1. The Morgan fingerprint density at radius 2 is 2.00 bits per heavy atom. The maximum atomic E-state index is 13.4. The van der Waals surface area contributed by atoms with Crippen molar-refractivity contribution in [3.63, 3.8) is 0 Å². The van der Waals surface area contributed by atoms with Crippen molar-refractivity contribution in [3.8, 4) is 0 Å². The first kappa shape index (κ1) is 19.5. The van der Waals surface area contributed by atoms with E-state index in [1.165, 1.54) is 12.1 Å². The van der Waals surface area contributed by atoms with Gasteiger partial charge in [0.2, 0.25) is 0 Å². The molecule has 1 heterocycles. The van der Waals surface area contributed by atoms with E-state index in [1.54, 1.807) is 13.1 Å². The normalized spacial score (nSPS) is 18.1. The molecular weight excluding hydrogens is 322 g/mol. The monoisotopic (exact) mass is 352 g/mol. The van der Waals surface area contributed by atoms with Crippen LogP contribution < -0.4 is 15.5 Å². The average Bonchev–Trinajstić information content (AvgIpc) is 3.09. The van der Waals surface area contributed by atoms with Crippen LogP contribution in [-0.2, 0) is 0 Å². The Kier molecular flexibility index (Phi) is 7.47. The fourth-order valence-electron chi connectivity index (χ4n) is 3.20. The Balaban J connectivity index is 1.79. The lowest BCUT2D eigenvalue weighted by molar-refractivity contribution is 0.478. The molecule has 0 aliphatic carbocycles. The minimum Gasteiger partial charge on any atom is -0.371 e. The van der Waals surface area contributed by atoms with Gasteiger partial charge in [0, 0.05) is 45.0 Å². The molecule has 140 valence electrons. The van der Waals surface area contributed by atoms with Gasteiger partial charge in [-0.05, 0) is 30.4 Å². The summed E-state index contributed by atoms with van der Waals surface area (Å²) in [5.74, 6) is 0.366. The van der Waals surface area contributed by atoms with E-state index < -0.39 is 11.6 Å². The van der Waals surface area contributed by atoms with Gasteiger partial charge in [-0.3, -0.25) is 4.99 Å². The first-order valence-corrected chi connectivity index (χ1v) is 9.21. The van der Waals surface area contributed by atoms with E-state index >= 15 is 0 Å². The van der Waals surface area contributed by atoms with Gasteiger partial charge >= 0.3 is 0 Å². The van der Waals surface area contributed by atoms with Crippen molar-refractivity contribution >= 4 is 11.6 Å². The summed E-state index contributed by atoms with van der Waals surface area (Å²) in [6.07, 6.45) is 3.34. The van der Waals surface area contributed by atoms with Gasteiger partial charge < -0.3 is 15.5 Å². The van der Waals surface area contributed by atoms with Gasteiger partial charge in [0.1, 0.15) is 0 Å². The molecule has 2 N–H and O–H groups in total. The molecule has 0 bridgehead atoms. The highest BCUT2D eigenvalue weighted by Crippen LogP contribution is 2.24. The zero-order valence-corrected chi connectivity index (χ0v) is 15.5. The van der Waals surface area contributed by atoms with Crippen molar-refractivity contribution in [3.05, 3.63) is 29.8 Å². The van der Waals surface area contributed by atoms with Crippen LogP contribution in [0.4, 0.5) is 14.5 Å². The van der Waals surface area contributed by atoms with Crippen molar-refractivity contribution < 1.29 is 8.78 Å². The molecule has 1 saturated heterocycles. The van der Waals surface area contributed by atoms with Crippen LogP contribution in [0, 0.1) is 23.5 Å². The molecule has 0 spiro atoms. The Hall–Kier alpha value is -1.85. The molecule has 25 heavy (non-hydrogen) atoms. The van der Waals surface area contributed by atoms with Crippen molar-refractivity contribution in [2.75, 3.05) is 38.1 Å². The second-order valence-electron chi connectivity index (χ2n) is 6.72. The average molecular weight is 352 g/mol. The smallest absolute Gasteiger partial charge is 0.190 e. The molecule has 0 radical (unpaired) electrons. The Labute approximate surface area is 149 Å². The summed E-state index contributed by atoms with van der Waals surface area (Å²) in [6.45, 7) is 7.86. The maximum Gasteiger partial charge on any atom is 0.190 e. The maximum absolute atomic E-state index is 13.4. The number of halogens is 2. The minimum absolute atomic E-state index is 0.458. The van der Waals surface area contributed by atoms with Gasteiger partial charge in [-0.15, -0.1) is 0 Å². The number of hydrogen-bond acceptors (Lipinski definition) is 2. The fraction of sp³-hybridized carbons (Fsp3) is 0.632. The number of nitrogens with zero attached hydrogens (tertiary/aromatic N) is 2. The van der Waals surface area contributed by atoms with Gasteiger partial charge in [-0.1, -0.05) is 26.7 Å². The molecule has 0 amide bonds. The SMILES string of the molecule is CCC(CC)CNC(=NC)NCC1CCN(c2ccc(F)c(F)c2)C1. The van der Waals surface area contributed by atoms with Gasteiger partial charge in [-0.2, -0.15) is 0 Å². The van der Waals surface area contributed by atoms with Gasteiger partial charge in [0.25, 0.3) is 0 Å². The lowest BCUT2D eigenvalue weighted by Gasteiger charge is -2.20. The highest BCUT2D eigenvalue weighted by atomic mass is 19.2. The van der Waals surface area contributed by atoms with E-state index in [2.05, 4.69) is 34.4 Å². The number of nitrogens with one attached hydrogen (secondary N) is 2. The van der Waals surface area contributed by atoms with E-state index in [0.717, 1.165) is 57.1 Å². The summed E-state index contributed by atoms with van der Waals surface area (Å²) in [5, 5.41) is 6.77. The molecule has 1 aromatic carbocycles. The van der Waals surface area contributed by atoms with Crippen molar-refractivity contribution in [1.82, 2.24) is 10.6 Å². The molecule has 6 heteroatoms. The fourth-order valence-corrected chi connectivity index (χ4v) is 3.20. The topological polar surface area (TPSA) is 39.7 Å². The van der Waals surface area contributed by atoms with Crippen LogP contribution in [0.3, 0.4) is 0 Å². The lowest BCUT2D eigenvalue weighted by Crippen LogP contribution is -2.42. The van der Waals surface area contributed by atoms with Crippen LogP contribution in [0.15, 0.2) is 23.2 Å². The molecule has 1 atom stereocenters. The molecule has 0 saturated carbocycles. The van der Waals surface area contributed by atoms with E-state index in [0.29, 0.717) is 11.8 Å². The van der Waals surface area contributed by atoms with E-state index in [4.69, 9.17) is 0 Å². The Morgan fingerprint density at radius 3 is 2.64 bits per heavy atom. The van der Waals surface area contributed by atoms with Crippen molar-refractivity contribution in [2.24, 2.45) is 16.8 Å². The number of benzene rings is 1. The van der Waals surface area contributed by atoms with Crippen LogP contribution in [0.25, 0.3) is 0 Å². The molecule has 1 fully saturated rings. The van der Waals surface area contributed by atoms with Gasteiger partial charge in [-0.25, -0.2) is 8.78 Å². The van der Waals surface area contributed by atoms with Crippen LogP contribution in [0.5, 0.6) is 0 Å². The molecule has 1 aliphatic heterocycles. The Bertz CT molecular complexity index is 573. The number of aliphatic imine (C=N–C) groups is 1. The zero-order valence-electron chi connectivity index (χ0n) is 15.5. The second kappa shape index (κ2) is 9.59. The quantitative estimate of drug-likeness (QED) is 0.584. The number of hydrogen-bond donors (Lipinski definition) is 2. The minimum atomic E-state index is -0.798. The number of anilines is 1. The molecular formula is C19H30F2N4. The third-order valence-corrected chi connectivity index (χ3v) is 5.05. The summed E-state index contributed by atoms with van der Waals surface area (Å²) in [7, 11) is 1.78. The summed E-state index contributed by atoms with van der Waals surface area (Å²) in [5.41, 5.74) is 0.748. The standard InChI is InChI=1S/C19H30F2N4/c1-4-14(5-2)11-23-19(22-3)24-12-15-8-9-25(13-15)16-6-7-17(20)18(21)10-16/h6-7,10,14-15H,4-5,8-9,11-13H2,1-3H3,(H2,22,23,24). The number of guanidine groups is 1. The van der Waals surface area contributed by atoms with E-state index in [9.17, 15) is 8.78 Å². The first-order valence-electron chi connectivity index (χ1n) is 9.21. The molecule has 0 aromatic heterocycles. The molecule has 1 aromatic rings. The largest absolute Gasteiger partial charge is 0.371 e. The molecule has 4 nitrogen and oxygen atoms in total. The molecule has 1 aliphatic rings. The highest BCUT2D eigenvalue weighted by molar-refractivity contribution is 5.79. The van der Waals surface area contributed by atoms with E-state index in [-0.39, 0.29) is 0 Å². The molecule has 2 rings (SSSR count). The third-order valence-electron chi connectivity index (χ3n) is 5.05. The van der Waals surface area contributed by atoms with Crippen LogP contribution in [0.2, 0.25) is 0 Å². The Morgan fingerprint density at radius 1 is 1.24 bits per heavy atom. The van der Waals surface area contributed by atoms with Crippen LogP contribution >= 0.6 is 0 Å². The second-order valence-corrected chi connectivity index (χ2v) is 6.72. The summed E-state index contributed by atoms with van der Waals surface area (Å²) in [6, 6.07) is 4.12. The summed E-state index contributed by atoms with van der Waals surface area (Å²) < 4.78 is 26.5. The predicted molar refractivity (Wildman–Crippen MR) is 100 cm³/mol. The van der Waals surface area contributed by atoms with E-state index in [1.807, 2.05) is 0 Å². The van der Waals surface area contributed by atoms with Crippen LogP contribution in [0.1, 0.15) is 33.1 Å². The summed E-state index contributed by atoms with van der Waals surface area (Å²) in [4.78, 5) is 6.38. The van der Waals surface area contributed by atoms with Crippen molar-refractivity contribution in [1.29, 1.82) is 0 Å². The predicted octanol–water partition coefficient (Wildman–Crippen LogP) is 3.39. The van der Waals surface area contributed by atoms with Crippen molar-refractivity contribution in [2.45, 2.75) is 33.1 Å².